The average molecular weight is 415 g/mol. The molecular weight excluding hydrogens is 391 g/mol. The van der Waals surface area contributed by atoms with Gasteiger partial charge in [0.2, 0.25) is 4.77 Å². The first-order valence-electron chi connectivity index (χ1n) is 9.47. The molecule has 2 heterocycles. The van der Waals surface area contributed by atoms with Crippen LogP contribution in [0.25, 0.3) is 5.69 Å². The van der Waals surface area contributed by atoms with Crippen LogP contribution in [-0.2, 0) is 6.67 Å². The Balaban J connectivity index is 1.62. The number of aromatic nitrogens is 3. The summed E-state index contributed by atoms with van der Waals surface area (Å²) in [6.07, 6.45) is 3.63. The third-order valence-electron chi connectivity index (χ3n) is 5.32. The van der Waals surface area contributed by atoms with Gasteiger partial charge in [0.25, 0.3) is 0 Å². The van der Waals surface area contributed by atoms with E-state index in [1.807, 2.05) is 18.2 Å². The van der Waals surface area contributed by atoms with Crippen molar-refractivity contribution in [3.05, 3.63) is 64.9 Å². The van der Waals surface area contributed by atoms with Gasteiger partial charge < -0.3 is 9.47 Å². The Labute approximate surface area is 174 Å². The summed E-state index contributed by atoms with van der Waals surface area (Å²) in [5.74, 6) is 1.31. The van der Waals surface area contributed by atoms with E-state index < -0.39 is 0 Å². The second-order valence-electron chi connectivity index (χ2n) is 6.95. The molecule has 152 valence electrons. The maximum atomic E-state index is 14.2. The molecule has 1 aliphatic rings. The lowest BCUT2D eigenvalue weighted by atomic mass is 10.0. The molecule has 29 heavy (non-hydrogen) atoms. The van der Waals surface area contributed by atoms with E-state index in [2.05, 4.69) is 10.00 Å². The Kier molecular flexibility index (Phi) is 5.64. The highest BCUT2D eigenvalue weighted by molar-refractivity contribution is 7.71. The van der Waals surface area contributed by atoms with Gasteiger partial charge in [-0.2, -0.15) is 5.10 Å². The summed E-state index contributed by atoms with van der Waals surface area (Å²) in [6, 6.07) is 12.6. The van der Waals surface area contributed by atoms with Crippen molar-refractivity contribution in [3.63, 3.8) is 0 Å². The number of likely N-dealkylation sites (tertiary alicyclic amines) is 1. The fourth-order valence-electron chi connectivity index (χ4n) is 3.87. The average Bonchev–Trinajstić information content (AvgIpc) is 3.35. The molecule has 4 rings (SSSR count). The molecule has 1 aromatic heterocycles. The minimum atomic E-state index is -0.330. The van der Waals surface area contributed by atoms with E-state index in [1.165, 1.54) is 6.07 Å². The first-order valence-corrected chi connectivity index (χ1v) is 9.88. The monoisotopic (exact) mass is 414 g/mol. The number of benzene rings is 2. The molecule has 2 aromatic carbocycles. The molecule has 0 radical (unpaired) electrons. The number of methoxy groups -OCH3 is 2. The molecule has 0 spiro atoms. The van der Waals surface area contributed by atoms with Gasteiger partial charge in [-0.15, -0.1) is 0 Å². The van der Waals surface area contributed by atoms with E-state index in [9.17, 15) is 4.39 Å². The minimum Gasteiger partial charge on any atom is -0.497 e. The smallest absolute Gasteiger partial charge is 0.203 e. The maximum absolute atomic E-state index is 14.2. The van der Waals surface area contributed by atoms with Crippen LogP contribution in [0.4, 0.5) is 4.39 Å². The quantitative estimate of drug-likeness (QED) is 0.561. The highest BCUT2D eigenvalue weighted by Crippen LogP contribution is 2.39. The molecule has 1 atom stereocenters. The van der Waals surface area contributed by atoms with Crippen LogP contribution in [0, 0.1) is 10.6 Å². The lowest BCUT2D eigenvalue weighted by molar-refractivity contribution is 0.186. The highest BCUT2D eigenvalue weighted by atomic mass is 32.1. The van der Waals surface area contributed by atoms with Gasteiger partial charge in [-0.25, -0.2) is 9.07 Å². The fraction of sp³-hybridized carbons (Fsp3) is 0.333. The summed E-state index contributed by atoms with van der Waals surface area (Å²) < 4.78 is 28.9. The van der Waals surface area contributed by atoms with E-state index in [1.54, 1.807) is 48.0 Å². The van der Waals surface area contributed by atoms with Gasteiger partial charge in [0.15, 0.2) is 0 Å². The normalized spacial score (nSPS) is 16.9. The molecule has 0 amide bonds. The molecule has 0 saturated carbocycles. The van der Waals surface area contributed by atoms with Crippen molar-refractivity contribution in [3.8, 4) is 17.2 Å². The standard InChI is InChI=1S/C21H23FN4O2S/c1-27-15-9-10-20(28-2)16(12-15)18-8-5-11-24(18)14-26-21(29)25(13-23-26)19-7-4-3-6-17(19)22/h3-4,6-7,9-10,12-13,18H,5,8,11,14H2,1-2H3. The molecule has 0 bridgehead atoms. The van der Waals surface area contributed by atoms with Gasteiger partial charge in [-0.3, -0.25) is 9.47 Å². The van der Waals surface area contributed by atoms with Gasteiger partial charge in [0, 0.05) is 18.2 Å². The topological polar surface area (TPSA) is 44.5 Å². The molecule has 1 saturated heterocycles. The molecule has 1 aliphatic heterocycles. The van der Waals surface area contributed by atoms with Crippen LogP contribution in [0.1, 0.15) is 24.4 Å². The van der Waals surface area contributed by atoms with Crippen molar-refractivity contribution in [1.82, 2.24) is 19.2 Å². The molecular formula is C21H23FN4O2S. The second kappa shape index (κ2) is 8.34. The zero-order chi connectivity index (χ0) is 20.4. The number of para-hydroxylation sites is 1. The van der Waals surface area contributed by atoms with Crippen molar-refractivity contribution in [2.24, 2.45) is 0 Å². The second-order valence-corrected chi connectivity index (χ2v) is 7.32. The van der Waals surface area contributed by atoms with Crippen LogP contribution in [0.5, 0.6) is 11.5 Å². The highest BCUT2D eigenvalue weighted by Gasteiger charge is 2.29. The fourth-order valence-corrected chi connectivity index (χ4v) is 4.12. The number of ether oxygens (including phenoxy) is 2. The van der Waals surface area contributed by atoms with Crippen molar-refractivity contribution in [2.75, 3.05) is 20.8 Å². The van der Waals surface area contributed by atoms with Gasteiger partial charge in [0.1, 0.15) is 23.6 Å². The predicted octanol–water partition coefficient (Wildman–Crippen LogP) is 4.35. The SMILES string of the molecule is COc1ccc(OC)c(C2CCCN2Cn2ncn(-c3ccccc3F)c2=S)c1. The third-order valence-corrected chi connectivity index (χ3v) is 5.73. The predicted molar refractivity (Wildman–Crippen MR) is 111 cm³/mol. The first kappa shape index (κ1) is 19.6. The zero-order valence-corrected chi connectivity index (χ0v) is 17.2. The zero-order valence-electron chi connectivity index (χ0n) is 16.4. The van der Waals surface area contributed by atoms with Crippen molar-refractivity contribution in [1.29, 1.82) is 0 Å². The van der Waals surface area contributed by atoms with Gasteiger partial charge in [-0.05, 0) is 55.4 Å². The minimum absolute atomic E-state index is 0.167. The van der Waals surface area contributed by atoms with Gasteiger partial charge in [-0.1, -0.05) is 12.1 Å². The van der Waals surface area contributed by atoms with Gasteiger partial charge in [0.05, 0.1) is 26.6 Å². The lowest BCUT2D eigenvalue weighted by Gasteiger charge is -2.26. The van der Waals surface area contributed by atoms with Crippen LogP contribution in [0.15, 0.2) is 48.8 Å². The van der Waals surface area contributed by atoms with E-state index >= 15 is 0 Å². The Morgan fingerprint density at radius 3 is 2.76 bits per heavy atom. The summed E-state index contributed by atoms with van der Waals surface area (Å²) in [5.41, 5.74) is 1.49. The largest absolute Gasteiger partial charge is 0.497 e. The number of nitrogens with zero attached hydrogens (tertiary/aromatic N) is 4. The summed E-state index contributed by atoms with van der Waals surface area (Å²) in [6.45, 7) is 1.44. The Hall–Kier alpha value is -2.71. The molecule has 0 aliphatic carbocycles. The van der Waals surface area contributed by atoms with E-state index in [0.717, 1.165) is 36.4 Å². The number of halogens is 1. The molecule has 1 fully saturated rings. The van der Waals surface area contributed by atoms with Crippen LogP contribution >= 0.6 is 12.2 Å². The van der Waals surface area contributed by atoms with E-state index in [0.29, 0.717) is 17.1 Å². The van der Waals surface area contributed by atoms with E-state index in [4.69, 9.17) is 21.7 Å². The Morgan fingerprint density at radius 1 is 1.17 bits per heavy atom. The first-order chi connectivity index (χ1) is 14.1. The summed E-state index contributed by atoms with van der Waals surface area (Å²) >= 11 is 5.57. The molecule has 1 unspecified atom stereocenters. The molecule has 8 heteroatoms. The summed E-state index contributed by atoms with van der Waals surface area (Å²) in [5, 5.41) is 4.41. The van der Waals surface area contributed by atoms with Gasteiger partial charge >= 0.3 is 0 Å². The maximum Gasteiger partial charge on any atom is 0.203 e. The van der Waals surface area contributed by atoms with Crippen molar-refractivity contribution in [2.45, 2.75) is 25.6 Å². The molecule has 3 aromatic rings. The van der Waals surface area contributed by atoms with E-state index in [-0.39, 0.29) is 11.9 Å². The number of hydrogen-bond acceptors (Lipinski definition) is 5. The lowest BCUT2D eigenvalue weighted by Crippen LogP contribution is -2.27. The Bertz CT molecular complexity index is 1060. The van der Waals surface area contributed by atoms with Crippen molar-refractivity contribution >= 4 is 12.2 Å². The van der Waals surface area contributed by atoms with Crippen LogP contribution < -0.4 is 9.47 Å². The van der Waals surface area contributed by atoms with Crippen molar-refractivity contribution < 1.29 is 13.9 Å². The summed E-state index contributed by atoms with van der Waals surface area (Å²) in [7, 11) is 3.34. The van der Waals surface area contributed by atoms with Crippen LogP contribution in [-0.4, -0.2) is 40.0 Å². The summed E-state index contributed by atoms with van der Waals surface area (Å²) in [4.78, 5) is 2.31. The molecule has 6 nitrogen and oxygen atoms in total. The third kappa shape index (κ3) is 3.77. The van der Waals surface area contributed by atoms with Crippen LogP contribution in [0.2, 0.25) is 0 Å². The van der Waals surface area contributed by atoms with Crippen LogP contribution in [0.3, 0.4) is 0 Å². The number of rotatable bonds is 6. The Morgan fingerprint density at radius 2 is 2.00 bits per heavy atom. The molecule has 0 N–H and O–H groups in total. The number of hydrogen-bond donors (Lipinski definition) is 0.